The predicted octanol–water partition coefficient (Wildman–Crippen LogP) is 3.03. The average molecular weight is 259 g/mol. The summed E-state index contributed by atoms with van der Waals surface area (Å²) in [6.45, 7) is 6.20. The number of alkyl halides is 3. The van der Waals surface area contributed by atoms with Crippen molar-refractivity contribution < 1.29 is 17.9 Å². The number of hydrogen-bond acceptors (Lipinski definition) is 3. The molecule has 1 unspecified atom stereocenters. The van der Waals surface area contributed by atoms with E-state index in [2.05, 4.69) is 5.32 Å². The van der Waals surface area contributed by atoms with Crippen molar-refractivity contribution in [1.82, 2.24) is 5.32 Å². The lowest BCUT2D eigenvalue weighted by molar-refractivity contribution is -0.0328. The van der Waals surface area contributed by atoms with Crippen molar-refractivity contribution in [2.24, 2.45) is 0 Å². The Morgan fingerprint density at radius 3 is 2.31 bits per heavy atom. The van der Waals surface area contributed by atoms with Crippen LogP contribution in [0.25, 0.3) is 0 Å². The lowest BCUT2D eigenvalue weighted by atomic mass is 10.00. The maximum absolute atomic E-state index is 11.8. The molecule has 0 aliphatic heterocycles. The second-order valence-electron chi connectivity index (χ2n) is 4.32. The number of thioether (sulfide) groups is 1. The highest BCUT2D eigenvalue weighted by Gasteiger charge is 2.27. The number of methoxy groups -OCH3 is 1. The summed E-state index contributed by atoms with van der Waals surface area (Å²) in [5.41, 5.74) is -4.37. The molecule has 0 amide bonds. The molecule has 1 atom stereocenters. The summed E-state index contributed by atoms with van der Waals surface area (Å²) in [7, 11) is 1.63. The van der Waals surface area contributed by atoms with Gasteiger partial charge < -0.3 is 10.1 Å². The molecule has 0 rings (SSSR count). The van der Waals surface area contributed by atoms with Crippen LogP contribution >= 0.6 is 11.8 Å². The minimum Gasteiger partial charge on any atom is -0.379 e. The largest absolute Gasteiger partial charge is 0.441 e. The molecule has 6 heteroatoms. The third-order valence-electron chi connectivity index (χ3n) is 2.21. The van der Waals surface area contributed by atoms with Crippen molar-refractivity contribution in [3.8, 4) is 0 Å². The predicted molar refractivity (Wildman–Crippen MR) is 61.7 cm³/mol. The zero-order valence-electron chi connectivity index (χ0n) is 10.1. The SMILES string of the molecule is COC(C)(C)CC(C)NCCSC(F)(F)F. The lowest BCUT2D eigenvalue weighted by Crippen LogP contribution is -2.36. The normalized spacial score (nSPS) is 15.2. The molecule has 0 bridgehead atoms. The van der Waals surface area contributed by atoms with Crippen LogP contribution in [0.5, 0.6) is 0 Å². The van der Waals surface area contributed by atoms with Gasteiger partial charge >= 0.3 is 5.51 Å². The highest BCUT2D eigenvalue weighted by molar-refractivity contribution is 8.00. The van der Waals surface area contributed by atoms with Gasteiger partial charge in [-0.05, 0) is 39.0 Å². The van der Waals surface area contributed by atoms with E-state index in [1.807, 2.05) is 20.8 Å². The van der Waals surface area contributed by atoms with E-state index in [9.17, 15) is 13.2 Å². The van der Waals surface area contributed by atoms with E-state index < -0.39 is 5.51 Å². The van der Waals surface area contributed by atoms with Crippen LogP contribution in [0.2, 0.25) is 0 Å². The van der Waals surface area contributed by atoms with Gasteiger partial charge in [0.2, 0.25) is 0 Å². The molecule has 0 aliphatic carbocycles. The Bertz CT molecular complexity index is 197. The standard InChI is InChI=1S/C10H20F3NOS/c1-8(7-9(2,3)15-4)14-5-6-16-10(11,12)13/h8,14H,5-7H2,1-4H3. The van der Waals surface area contributed by atoms with Gasteiger partial charge in [-0.1, -0.05) is 0 Å². The lowest BCUT2D eigenvalue weighted by Gasteiger charge is -2.27. The van der Waals surface area contributed by atoms with E-state index in [0.29, 0.717) is 6.54 Å². The van der Waals surface area contributed by atoms with Crippen molar-refractivity contribution >= 4 is 11.8 Å². The molecule has 0 aliphatic rings. The van der Waals surface area contributed by atoms with Crippen molar-refractivity contribution in [2.75, 3.05) is 19.4 Å². The molecule has 0 aromatic heterocycles. The number of nitrogens with one attached hydrogen (secondary N) is 1. The first-order chi connectivity index (χ1) is 7.16. The van der Waals surface area contributed by atoms with Crippen LogP contribution in [0.4, 0.5) is 13.2 Å². The first kappa shape index (κ1) is 16.1. The smallest absolute Gasteiger partial charge is 0.379 e. The van der Waals surface area contributed by atoms with E-state index in [1.54, 1.807) is 7.11 Å². The quantitative estimate of drug-likeness (QED) is 0.710. The Balaban J connectivity index is 3.63. The number of rotatable bonds is 7. The minimum absolute atomic E-state index is 0.00554. The Kier molecular flexibility index (Phi) is 6.74. The first-order valence-electron chi connectivity index (χ1n) is 5.15. The minimum atomic E-state index is -4.13. The highest BCUT2D eigenvalue weighted by atomic mass is 32.2. The highest BCUT2D eigenvalue weighted by Crippen LogP contribution is 2.29. The Hall–Kier alpha value is 0.0600. The van der Waals surface area contributed by atoms with Crippen molar-refractivity contribution in [2.45, 2.75) is 44.3 Å². The summed E-state index contributed by atoms with van der Waals surface area (Å²) < 4.78 is 40.7. The van der Waals surface area contributed by atoms with Crippen molar-refractivity contribution in [1.29, 1.82) is 0 Å². The van der Waals surface area contributed by atoms with E-state index in [0.717, 1.165) is 6.42 Å². The Morgan fingerprint density at radius 1 is 1.31 bits per heavy atom. The fourth-order valence-electron chi connectivity index (χ4n) is 1.36. The molecule has 0 saturated carbocycles. The summed E-state index contributed by atoms with van der Waals surface area (Å²) in [4.78, 5) is 0. The first-order valence-corrected chi connectivity index (χ1v) is 6.14. The molecular formula is C10H20F3NOS. The maximum Gasteiger partial charge on any atom is 0.441 e. The second-order valence-corrected chi connectivity index (χ2v) is 5.48. The Labute approximate surface area is 99.3 Å². The topological polar surface area (TPSA) is 21.3 Å². The molecule has 0 spiro atoms. The molecule has 16 heavy (non-hydrogen) atoms. The molecule has 0 fully saturated rings. The van der Waals surface area contributed by atoms with E-state index >= 15 is 0 Å². The number of hydrogen-bond donors (Lipinski definition) is 1. The van der Waals surface area contributed by atoms with Gasteiger partial charge in [0.25, 0.3) is 0 Å². The zero-order valence-corrected chi connectivity index (χ0v) is 11.0. The third-order valence-corrected chi connectivity index (χ3v) is 2.95. The molecule has 0 heterocycles. The summed E-state index contributed by atoms with van der Waals surface area (Å²) in [6, 6.07) is 0.142. The summed E-state index contributed by atoms with van der Waals surface area (Å²) in [5.74, 6) is 0.0429. The second kappa shape index (κ2) is 6.71. The molecule has 0 radical (unpaired) electrons. The number of ether oxygens (including phenoxy) is 1. The van der Waals surface area contributed by atoms with Gasteiger partial charge in [0.1, 0.15) is 0 Å². The van der Waals surface area contributed by atoms with Gasteiger partial charge in [0.05, 0.1) is 5.60 Å². The van der Waals surface area contributed by atoms with Crippen LogP contribution in [0.3, 0.4) is 0 Å². The van der Waals surface area contributed by atoms with Crippen LogP contribution < -0.4 is 5.32 Å². The van der Waals surface area contributed by atoms with Gasteiger partial charge in [-0.3, -0.25) is 0 Å². The van der Waals surface area contributed by atoms with Crippen molar-refractivity contribution in [3.63, 3.8) is 0 Å². The van der Waals surface area contributed by atoms with E-state index in [-0.39, 0.29) is 29.2 Å². The molecule has 2 nitrogen and oxygen atoms in total. The van der Waals surface area contributed by atoms with Crippen LogP contribution in [-0.4, -0.2) is 36.6 Å². The van der Waals surface area contributed by atoms with Gasteiger partial charge in [-0.25, -0.2) is 0 Å². The van der Waals surface area contributed by atoms with Crippen LogP contribution in [0.1, 0.15) is 27.2 Å². The monoisotopic (exact) mass is 259 g/mol. The fourth-order valence-corrected chi connectivity index (χ4v) is 1.82. The van der Waals surface area contributed by atoms with Gasteiger partial charge in [0.15, 0.2) is 0 Å². The molecule has 0 saturated heterocycles. The summed E-state index contributed by atoms with van der Waals surface area (Å²) in [6.07, 6.45) is 0.764. The average Bonchev–Trinajstić information content (AvgIpc) is 2.10. The number of halogens is 3. The van der Waals surface area contributed by atoms with Gasteiger partial charge in [-0.2, -0.15) is 13.2 Å². The van der Waals surface area contributed by atoms with Crippen molar-refractivity contribution in [3.05, 3.63) is 0 Å². The van der Waals surface area contributed by atoms with Gasteiger partial charge in [-0.15, -0.1) is 0 Å². The van der Waals surface area contributed by atoms with Gasteiger partial charge in [0, 0.05) is 25.4 Å². The zero-order chi connectivity index (χ0) is 12.8. The molecule has 0 aromatic carbocycles. The molecule has 98 valence electrons. The molecular weight excluding hydrogens is 239 g/mol. The van der Waals surface area contributed by atoms with Crippen LogP contribution in [0, 0.1) is 0 Å². The maximum atomic E-state index is 11.8. The molecule has 1 N–H and O–H groups in total. The van der Waals surface area contributed by atoms with Crippen LogP contribution in [-0.2, 0) is 4.74 Å². The molecule has 0 aromatic rings. The third kappa shape index (κ3) is 9.30. The Morgan fingerprint density at radius 2 is 1.88 bits per heavy atom. The van der Waals surface area contributed by atoms with E-state index in [1.165, 1.54) is 0 Å². The fraction of sp³-hybridized carbons (Fsp3) is 1.00. The summed E-state index contributed by atoms with van der Waals surface area (Å²) >= 11 is 0.00554. The van der Waals surface area contributed by atoms with Crippen LogP contribution in [0.15, 0.2) is 0 Å². The summed E-state index contributed by atoms with van der Waals surface area (Å²) in [5, 5.41) is 3.04. The van der Waals surface area contributed by atoms with E-state index in [4.69, 9.17) is 4.74 Å².